The number of hydrogen-bond donors (Lipinski definition) is 2. The number of aryl methyl sites for hydroxylation is 1. The second-order valence-corrected chi connectivity index (χ2v) is 8.54. The van der Waals surface area contributed by atoms with Crippen LogP contribution in [-0.4, -0.2) is 30.6 Å². The van der Waals surface area contributed by atoms with Crippen LogP contribution < -0.4 is 16.0 Å². The number of aromatic nitrogens is 2. The van der Waals surface area contributed by atoms with E-state index < -0.39 is 21.5 Å². The van der Waals surface area contributed by atoms with Crippen LogP contribution in [0.25, 0.3) is 5.82 Å². The highest BCUT2D eigenvalue weighted by Crippen LogP contribution is 2.19. The number of carbonyl (C=O) groups is 1. The normalized spacial score (nSPS) is 11.1. The predicted molar refractivity (Wildman–Crippen MR) is 120 cm³/mol. The summed E-state index contributed by atoms with van der Waals surface area (Å²) in [5.74, 6) is -0.569. The molecule has 0 aliphatic carbocycles. The lowest BCUT2D eigenvalue weighted by Crippen LogP contribution is -2.26. The molecule has 3 aromatic rings. The highest BCUT2D eigenvalue weighted by atomic mass is 32.2. The number of hydrogen-bond acceptors (Lipinski definition) is 6. The molecule has 0 fully saturated rings. The third-order valence-corrected chi connectivity index (χ3v) is 5.73. The van der Waals surface area contributed by atoms with Gasteiger partial charge in [0.1, 0.15) is 5.69 Å². The van der Waals surface area contributed by atoms with Gasteiger partial charge < -0.3 is 5.73 Å². The maximum atomic E-state index is 12.9. The fourth-order valence-electron chi connectivity index (χ4n) is 2.98. The Morgan fingerprint density at radius 2 is 1.94 bits per heavy atom. The third kappa shape index (κ3) is 5.23. The number of nitrogens with one attached hydrogen (secondary N) is 1. The lowest BCUT2D eigenvalue weighted by atomic mass is 10.1. The van der Waals surface area contributed by atoms with Gasteiger partial charge in [0.2, 0.25) is 15.9 Å². The molecule has 1 amide bonds. The molecular formula is C21H21N5O4S. The van der Waals surface area contributed by atoms with Crippen molar-refractivity contribution in [3.63, 3.8) is 0 Å². The number of anilines is 2. The molecule has 0 bridgehead atoms. The van der Waals surface area contributed by atoms with Gasteiger partial charge in [-0.2, -0.15) is 0 Å². The smallest absolute Gasteiger partial charge is 0.280 e. The molecule has 2 heterocycles. The zero-order valence-electron chi connectivity index (χ0n) is 16.8. The van der Waals surface area contributed by atoms with Gasteiger partial charge in [-0.05, 0) is 43.0 Å². The number of amides is 1. The van der Waals surface area contributed by atoms with Gasteiger partial charge in [0, 0.05) is 11.9 Å². The number of sulfonamides is 1. The van der Waals surface area contributed by atoms with Crippen LogP contribution in [0, 0.1) is 6.92 Å². The minimum absolute atomic E-state index is 0.0129. The summed E-state index contributed by atoms with van der Waals surface area (Å²) in [4.78, 5) is 32.2. The Hall–Kier alpha value is -3.79. The van der Waals surface area contributed by atoms with Crippen LogP contribution in [0.4, 0.5) is 11.4 Å². The molecule has 9 nitrogen and oxygen atoms in total. The Balaban J connectivity index is 1.94. The van der Waals surface area contributed by atoms with Crippen molar-refractivity contribution in [2.75, 3.05) is 10.5 Å². The molecule has 2 aromatic heterocycles. The number of carbonyl (C=O) groups excluding carboxylic acids is 1. The third-order valence-electron chi connectivity index (χ3n) is 4.48. The van der Waals surface area contributed by atoms with E-state index in [1.54, 1.807) is 43.3 Å². The van der Waals surface area contributed by atoms with Crippen LogP contribution in [0.1, 0.15) is 16.8 Å². The fourth-order valence-corrected chi connectivity index (χ4v) is 4.17. The second-order valence-electron chi connectivity index (χ2n) is 6.82. The minimum atomic E-state index is -3.82. The van der Waals surface area contributed by atoms with Crippen LogP contribution in [0.2, 0.25) is 0 Å². The summed E-state index contributed by atoms with van der Waals surface area (Å²) in [6.45, 7) is 4.87. The molecule has 1 aromatic carbocycles. The van der Waals surface area contributed by atoms with Crippen LogP contribution in [0.15, 0.2) is 64.5 Å². The Morgan fingerprint density at radius 3 is 2.61 bits per heavy atom. The molecule has 3 N–H and O–H groups in total. The van der Waals surface area contributed by atoms with Crippen LogP contribution in [-0.2, 0) is 27.0 Å². The number of benzene rings is 1. The molecule has 0 spiro atoms. The lowest BCUT2D eigenvalue weighted by molar-refractivity contribution is -0.117. The van der Waals surface area contributed by atoms with E-state index >= 15 is 0 Å². The van der Waals surface area contributed by atoms with Crippen molar-refractivity contribution < 1.29 is 13.2 Å². The largest absolute Gasteiger partial charge is 0.396 e. The van der Waals surface area contributed by atoms with Gasteiger partial charge in [-0.15, -0.1) is 0 Å². The lowest BCUT2D eigenvalue weighted by Gasteiger charge is -2.14. The van der Waals surface area contributed by atoms with Gasteiger partial charge in [-0.25, -0.2) is 18.4 Å². The zero-order valence-corrected chi connectivity index (χ0v) is 17.6. The van der Waals surface area contributed by atoms with Crippen molar-refractivity contribution >= 4 is 34.0 Å². The molecule has 3 rings (SSSR count). The molecule has 31 heavy (non-hydrogen) atoms. The van der Waals surface area contributed by atoms with E-state index in [1.165, 1.54) is 18.3 Å². The molecule has 0 aliphatic heterocycles. The van der Waals surface area contributed by atoms with Gasteiger partial charge in [0.15, 0.2) is 5.82 Å². The van der Waals surface area contributed by atoms with E-state index in [-0.39, 0.29) is 29.4 Å². The van der Waals surface area contributed by atoms with Crippen LogP contribution in [0.5, 0.6) is 0 Å². The van der Waals surface area contributed by atoms with Crippen molar-refractivity contribution in [3.8, 4) is 5.82 Å². The average molecular weight is 439 g/mol. The number of nitrogens with two attached hydrogens (primary N) is 1. The Morgan fingerprint density at radius 1 is 1.23 bits per heavy atom. The van der Waals surface area contributed by atoms with Crippen molar-refractivity contribution in [2.24, 2.45) is 4.99 Å². The molecular weight excluding hydrogens is 418 g/mol. The highest BCUT2D eigenvalue weighted by Gasteiger charge is 2.17. The monoisotopic (exact) mass is 439 g/mol. The Kier molecular flexibility index (Phi) is 6.30. The molecule has 0 unspecified atom stereocenters. The highest BCUT2D eigenvalue weighted by molar-refractivity contribution is 7.91. The first-order chi connectivity index (χ1) is 14.7. The molecule has 160 valence electrons. The van der Waals surface area contributed by atoms with E-state index in [1.807, 2.05) is 0 Å². The molecule has 0 saturated carbocycles. The summed E-state index contributed by atoms with van der Waals surface area (Å²) in [5.41, 5.74) is 7.10. The molecule has 0 saturated heterocycles. The summed E-state index contributed by atoms with van der Waals surface area (Å²) < 4.78 is 28.5. The topological polar surface area (TPSA) is 137 Å². The molecule has 0 aliphatic rings. The zero-order chi connectivity index (χ0) is 22.6. The summed E-state index contributed by atoms with van der Waals surface area (Å²) >= 11 is 0. The molecule has 10 heteroatoms. The predicted octanol–water partition coefficient (Wildman–Crippen LogP) is 1.83. The maximum Gasteiger partial charge on any atom is 0.280 e. The van der Waals surface area contributed by atoms with Crippen molar-refractivity contribution in [3.05, 3.63) is 81.9 Å². The van der Waals surface area contributed by atoms with E-state index in [9.17, 15) is 18.0 Å². The summed E-state index contributed by atoms with van der Waals surface area (Å²) in [7, 11) is -3.82. The Bertz CT molecular complexity index is 1300. The maximum absolute atomic E-state index is 12.9. The molecule has 0 radical (unpaired) electrons. The van der Waals surface area contributed by atoms with Crippen LogP contribution >= 0.6 is 0 Å². The van der Waals surface area contributed by atoms with Crippen molar-refractivity contribution in [1.82, 2.24) is 9.55 Å². The summed E-state index contributed by atoms with van der Waals surface area (Å²) in [5, 5.41) is 0. The van der Waals surface area contributed by atoms with Gasteiger partial charge in [-0.3, -0.25) is 18.9 Å². The summed E-state index contributed by atoms with van der Waals surface area (Å²) in [6, 6.07) is 13.0. The van der Waals surface area contributed by atoms with Gasteiger partial charge in [0.25, 0.3) is 5.56 Å². The number of nitrogen functional groups attached to an aromatic ring is 1. The molecule has 0 atom stereocenters. The van der Waals surface area contributed by atoms with E-state index in [0.29, 0.717) is 16.8 Å². The minimum Gasteiger partial charge on any atom is -0.396 e. The number of aliphatic imine (C=N–C) groups is 1. The van der Waals surface area contributed by atoms with E-state index in [4.69, 9.17) is 5.73 Å². The van der Waals surface area contributed by atoms with Gasteiger partial charge in [-0.1, -0.05) is 30.3 Å². The fraction of sp³-hybridized carbons (Fsp3) is 0.143. The quantitative estimate of drug-likeness (QED) is 0.539. The first-order valence-corrected chi connectivity index (χ1v) is 10.9. The Labute approximate surface area is 179 Å². The van der Waals surface area contributed by atoms with Gasteiger partial charge in [0.05, 0.1) is 17.9 Å². The average Bonchev–Trinajstić information content (AvgIpc) is 2.72. The number of rotatable bonds is 7. The van der Waals surface area contributed by atoms with E-state index in [2.05, 4.69) is 21.4 Å². The van der Waals surface area contributed by atoms with E-state index in [0.717, 1.165) is 4.57 Å². The second kappa shape index (κ2) is 8.92. The first-order valence-electron chi connectivity index (χ1n) is 9.22. The van der Waals surface area contributed by atoms with Crippen LogP contribution in [0.3, 0.4) is 0 Å². The first kappa shape index (κ1) is 21.9. The SMILES string of the molecule is C=NC(=O)Cc1cc(N)c(-n2cccc(NS(=O)(=O)Cc3ccccc3)c2=O)nc1C. The van der Waals surface area contributed by atoms with Gasteiger partial charge >= 0.3 is 0 Å². The van der Waals surface area contributed by atoms with Crippen molar-refractivity contribution in [1.29, 1.82) is 0 Å². The number of pyridine rings is 2. The standard InChI is InChI=1S/C21H21N5O4S/c1-14-16(12-19(27)23-2)11-17(22)20(24-14)26-10-6-9-18(21(26)28)25-31(29,30)13-15-7-4-3-5-8-15/h3-11,25H,2,12-13,22H2,1H3. The summed E-state index contributed by atoms with van der Waals surface area (Å²) in [6.07, 6.45) is 1.42. The van der Waals surface area contributed by atoms with Crippen molar-refractivity contribution in [2.45, 2.75) is 19.1 Å². The number of nitrogens with zero attached hydrogens (tertiary/aromatic N) is 3.